The van der Waals surface area contributed by atoms with Crippen LogP contribution in [0.5, 0.6) is 0 Å². The zero-order valence-corrected chi connectivity index (χ0v) is 6.47. The molecular weight excluding hydrogens is 158 g/mol. The van der Waals surface area contributed by atoms with Crippen LogP contribution in [0.4, 0.5) is 0 Å². The SMILES string of the molecule is Clc1ccnc2c[c]ccc12. The Kier molecular flexibility index (Phi) is 1.51. The molecule has 0 atom stereocenters. The Morgan fingerprint density at radius 3 is 3.09 bits per heavy atom. The molecule has 0 spiro atoms. The molecule has 1 nitrogen and oxygen atoms in total. The molecule has 0 bridgehead atoms. The molecule has 0 amide bonds. The molecule has 11 heavy (non-hydrogen) atoms. The van der Waals surface area contributed by atoms with Crippen LogP contribution >= 0.6 is 11.6 Å². The van der Waals surface area contributed by atoms with Crippen molar-refractivity contribution in [3.8, 4) is 0 Å². The average Bonchev–Trinajstić information content (AvgIpc) is 2.06. The van der Waals surface area contributed by atoms with E-state index in [2.05, 4.69) is 11.1 Å². The lowest BCUT2D eigenvalue weighted by molar-refractivity contribution is 1.41. The van der Waals surface area contributed by atoms with E-state index in [1.54, 1.807) is 12.3 Å². The number of halogens is 1. The van der Waals surface area contributed by atoms with E-state index in [0.29, 0.717) is 0 Å². The van der Waals surface area contributed by atoms with Gasteiger partial charge in [-0.2, -0.15) is 0 Å². The van der Waals surface area contributed by atoms with Crippen molar-refractivity contribution in [1.82, 2.24) is 4.98 Å². The number of fused-ring (bicyclic) bond motifs is 1. The van der Waals surface area contributed by atoms with Crippen LogP contribution in [0.25, 0.3) is 10.9 Å². The van der Waals surface area contributed by atoms with Crippen LogP contribution in [-0.4, -0.2) is 4.98 Å². The van der Waals surface area contributed by atoms with Crippen molar-refractivity contribution in [2.75, 3.05) is 0 Å². The van der Waals surface area contributed by atoms with E-state index in [9.17, 15) is 0 Å². The van der Waals surface area contributed by atoms with Crippen molar-refractivity contribution >= 4 is 22.5 Å². The first-order chi connectivity index (χ1) is 5.38. The zero-order chi connectivity index (χ0) is 7.68. The number of nitrogens with zero attached hydrogens (tertiary/aromatic N) is 1. The Morgan fingerprint density at radius 2 is 2.27 bits per heavy atom. The van der Waals surface area contributed by atoms with Crippen LogP contribution in [0.3, 0.4) is 0 Å². The highest BCUT2D eigenvalue weighted by molar-refractivity contribution is 6.35. The van der Waals surface area contributed by atoms with Gasteiger partial charge in [-0.15, -0.1) is 0 Å². The van der Waals surface area contributed by atoms with Crippen LogP contribution in [0.2, 0.25) is 5.02 Å². The molecular formula is C9H5ClN. The monoisotopic (exact) mass is 162 g/mol. The first-order valence-electron chi connectivity index (χ1n) is 3.28. The molecule has 0 aliphatic heterocycles. The summed E-state index contributed by atoms with van der Waals surface area (Å²) < 4.78 is 0. The van der Waals surface area contributed by atoms with E-state index >= 15 is 0 Å². The summed E-state index contributed by atoms with van der Waals surface area (Å²) in [4.78, 5) is 4.13. The second-order valence-corrected chi connectivity index (χ2v) is 2.64. The first-order valence-corrected chi connectivity index (χ1v) is 3.66. The first kappa shape index (κ1) is 6.62. The molecule has 0 N–H and O–H groups in total. The fourth-order valence-electron chi connectivity index (χ4n) is 1.00. The molecule has 1 aromatic carbocycles. The summed E-state index contributed by atoms with van der Waals surface area (Å²) in [5.41, 5.74) is 0.889. The highest BCUT2D eigenvalue weighted by Crippen LogP contribution is 2.19. The number of pyridine rings is 1. The van der Waals surface area contributed by atoms with Crippen LogP contribution < -0.4 is 0 Å². The van der Waals surface area contributed by atoms with E-state index in [0.717, 1.165) is 15.9 Å². The standard InChI is InChI=1S/C9H5ClN/c10-8-5-6-11-9-4-2-1-3-7(8)9/h1,3-6H. The van der Waals surface area contributed by atoms with Crippen molar-refractivity contribution in [1.29, 1.82) is 0 Å². The molecule has 0 saturated carbocycles. The van der Waals surface area contributed by atoms with Gasteiger partial charge in [-0.3, -0.25) is 4.98 Å². The Labute approximate surface area is 69.6 Å². The van der Waals surface area contributed by atoms with Gasteiger partial charge in [-0.05, 0) is 18.2 Å². The van der Waals surface area contributed by atoms with Crippen LogP contribution in [0.1, 0.15) is 0 Å². The van der Waals surface area contributed by atoms with Crippen LogP contribution in [-0.2, 0) is 0 Å². The third-order valence-electron chi connectivity index (χ3n) is 1.53. The molecule has 1 aromatic heterocycles. The van der Waals surface area contributed by atoms with Gasteiger partial charge in [-0.25, -0.2) is 0 Å². The third kappa shape index (κ3) is 1.08. The molecule has 0 aliphatic carbocycles. The second-order valence-electron chi connectivity index (χ2n) is 2.24. The van der Waals surface area contributed by atoms with Crippen molar-refractivity contribution in [3.63, 3.8) is 0 Å². The molecule has 0 unspecified atom stereocenters. The summed E-state index contributed by atoms with van der Waals surface area (Å²) in [6.45, 7) is 0. The lowest BCUT2D eigenvalue weighted by atomic mass is 10.2. The normalized spacial score (nSPS) is 10.3. The van der Waals surface area contributed by atoms with Gasteiger partial charge in [0.05, 0.1) is 10.5 Å². The number of rotatable bonds is 0. The summed E-state index contributed by atoms with van der Waals surface area (Å²) in [6.07, 6.45) is 1.69. The minimum absolute atomic E-state index is 0.740. The van der Waals surface area contributed by atoms with E-state index in [1.807, 2.05) is 18.2 Å². The Hall–Kier alpha value is -1.08. The number of aromatic nitrogens is 1. The molecule has 1 radical (unpaired) electrons. The predicted molar refractivity (Wildman–Crippen MR) is 45.6 cm³/mol. The summed E-state index contributed by atoms with van der Waals surface area (Å²) in [7, 11) is 0. The number of hydrogen-bond donors (Lipinski definition) is 0. The molecule has 0 aliphatic rings. The van der Waals surface area contributed by atoms with Crippen molar-refractivity contribution < 1.29 is 0 Å². The Balaban J connectivity index is 2.91. The lowest BCUT2D eigenvalue weighted by Crippen LogP contribution is -1.76. The Morgan fingerprint density at radius 1 is 1.36 bits per heavy atom. The van der Waals surface area contributed by atoms with Gasteiger partial charge in [0.15, 0.2) is 0 Å². The largest absolute Gasteiger partial charge is 0.256 e. The summed E-state index contributed by atoms with van der Waals surface area (Å²) in [5.74, 6) is 0. The zero-order valence-electron chi connectivity index (χ0n) is 5.71. The molecule has 1 heterocycles. The van der Waals surface area contributed by atoms with E-state index in [4.69, 9.17) is 11.6 Å². The van der Waals surface area contributed by atoms with Gasteiger partial charge < -0.3 is 0 Å². The van der Waals surface area contributed by atoms with Crippen LogP contribution in [0.15, 0.2) is 30.5 Å². The fourth-order valence-corrected chi connectivity index (χ4v) is 1.22. The highest BCUT2D eigenvalue weighted by atomic mass is 35.5. The topological polar surface area (TPSA) is 12.9 Å². The van der Waals surface area contributed by atoms with Gasteiger partial charge in [0, 0.05) is 11.6 Å². The molecule has 2 heteroatoms. The summed E-state index contributed by atoms with van der Waals surface area (Å²) in [6, 6.07) is 10.3. The number of benzene rings is 1. The quantitative estimate of drug-likeness (QED) is 0.581. The molecule has 2 aromatic rings. The maximum Gasteiger partial charge on any atom is 0.0723 e. The van der Waals surface area contributed by atoms with Crippen molar-refractivity contribution in [2.45, 2.75) is 0 Å². The summed E-state index contributed by atoms with van der Waals surface area (Å²) in [5, 5.41) is 1.72. The minimum Gasteiger partial charge on any atom is -0.256 e. The minimum atomic E-state index is 0.740. The lowest BCUT2D eigenvalue weighted by Gasteiger charge is -1.95. The van der Waals surface area contributed by atoms with E-state index < -0.39 is 0 Å². The van der Waals surface area contributed by atoms with Gasteiger partial charge >= 0.3 is 0 Å². The maximum atomic E-state index is 5.90. The van der Waals surface area contributed by atoms with Crippen LogP contribution in [0, 0.1) is 6.07 Å². The van der Waals surface area contributed by atoms with Crippen molar-refractivity contribution in [3.05, 3.63) is 41.6 Å². The van der Waals surface area contributed by atoms with Crippen molar-refractivity contribution in [2.24, 2.45) is 0 Å². The molecule has 53 valence electrons. The van der Waals surface area contributed by atoms with E-state index in [-0.39, 0.29) is 0 Å². The smallest absolute Gasteiger partial charge is 0.0723 e. The van der Waals surface area contributed by atoms with E-state index in [1.165, 1.54) is 0 Å². The molecule has 0 saturated heterocycles. The molecule has 2 rings (SSSR count). The average molecular weight is 163 g/mol. The van der Waals surface area contributed by atoms with Gasteiger partial charge in [-0.1, -0.05) is 23.7 Å². The fraction of sp³-hybridized carbons (Fsp3) is 0. The number of hydrogen-bond acceptors (Lipinski definition) is 1. The van der Waals surface area contributed by atoms with Gasteiger partial charge in [0.25, 0.3) is 0 Å². The summed E-state index contributed by atoms with van der Waals surface area (Å²) >= 11 is 5.90. The second kappa shape index (κ2) is 2.51. The predicted octanol–water partition coefficient (Wildman–Crippen LogP) is 2.69. The Bertz CT molecular complexity index is 379. The highest BCUT2D eigenvalue weighted by Gasteiger charge is 1.95. The maximum absolute atomic E-state index is 5.90. The molecule has 0 fully saturated rings. The van der Waals surface area contributed by atoms with Gasteiger partial charge in [0.2, 0.25) is 0 Å². The van der Waals surface area contributed by atoms with Gasteiger partial charge in [0.1, 0.15) is 0 Å². The third-order valence-corrected chi connectivity index (χ3v) is 1.86.